The average molecular weight is 190 g/mol. The third kappa shape index (κ3) is 5.11. The largest absolute Gasteiger partial charge is 0.390 e. The average Bonchev–Trinajstić information content (AvgIpc) is 2.11. The van der Waals surface area contributed by atoms with Gasteiger partial charge in [-0.3, -0.25) is 0 Å². The first kappa shape index (κ1) is 12.4. The fourth-order valence-electron chi connectivity index (χ4n) is 1.34. The zero-order valence-electron chi connectivity index (χ0n) is 8.47. The van der Waals surface area contributed by atoms with Crippen molar-refractivity contribution >= 4 is 9.24 Å². The van der Waals surface area contributed by atoms with Crippen LogP contribution in [0, 0.1) is 0 Å². The van der Waals surface area contributed by atoms with Crippen molar-refractivity contribution in [3.8, 4) is 0 Å². The van der Waals surface area contributed by atoms with Crippen molar-refractivity contribution in [2.45, 2.75) is 58.0 Å². The SMILES string of the molecule is CCCCC(O)(CP)CCCC. The number of hydrogen-bond donors (Lipinski definition) is 1. The van der Waals surface area contributed by atoms with E-state index in [1.165, 1.54) is 12.8 Å². The molecule has 0 fully saturated rings. The van der Waals surface area contributed by atoms with Crippen LogP contribution in [0.25, 0.3) is 0 Å². The first-order chi connectivity index (χ1) is 5.68. The molecule has 0 aliphatic carbocycles. The Bertz CT molecular complexity index is 96.0. The monoisotopic (exact) mass is 190 g/mol. The first-order valence-corrected chi connectivity index (χ1v) is 5.92. The summed E-state index contributed by atoms with van der Waals surface area (Å²) in [5.74, 6) is 0. The molecule has 0 saturated heterocycles. The van der Waals surface area contributed by atoms with Crippen LogP contribution >= 0.6 is 9.24 Å². The van der Waals surface area contributed by atoms with Gasteiger partial charge < -0.3 is 5.11 Å². The van der Waals surface area contributed by atoms with Crippen molar-refractivity contribution in [1.29, 1.82) is 0 Å². The fourth-order valence-corrected chi connectivity index (χ4v) is 1.75. The molecule has 0 saturated carbocycles. The van der Waals surface area contributed by atoms with Crippen molar-refractivity contribution in [3.63, 3.8) is 0 Å². The molecule has 1 atom stereocenters. The Morgan fingerprint density at radius 1 is 1.08 bits per heavy atom. The second kappa shape index (κ2) is 6.86. The maximum absolute atomic E-state index is 10.1. The number of rotatable bonds is 7. The highest BCUT2D eigenvalue weighted by molar-refractivity contribution is 7.16. The second-order valence-electron chi connectivity index (χ2n) is 3.64. The summed E-state index contributed by atoms with van der Waals surface area (Å²) >= 11 is 0. The molecule has 0 rings (SSSR count). The standard InChI is InChI=1S/C10H23OP/c1-3-5-7-10(11,9-12)8-6-4-2/h11H,3-9,12H2,1-2H3. The Hall–Kier alpha value is 0.390. The summed E-state index contributed by atoms with van der Waals surface area (Å²) in [6, 6.07) is 0. The van der Waals surface area contributed by atoms with Crippen molar-refractivity contribution in [1.82, 2.24) is 0 Å². The van der Waals surface area contributed by atoms with E-state index >= 15 is 0 Å². The Morgan fingerprint density at radius 3 is 1.75 bits per heavy atom. The normalized spacial score (nSPS) is 12.0. The van der Waals surface area contributed by atoms with Crippen LogP contribution in [0.2, 0.25) is 0 Å². The van der Waals surface area contributed by atoms with Crippen LogP contribution in [-0.4, -0.2) is 16.9 Å². The first-order valence-electron chi connectivity index (χ1n) is 5.11. The van der Waals surface area contributed by atoms with E-state index < -0.39 is 5.60 Å². The minimum Gasteiger partial charge on any atom is -0.390 e. The van der Waals surface area contributed by atoms with E-state index in [2.05, 4.69) is 23.1 Å². The summed E-state index contributed by atoms with van der Waals surface area (Å²) in [5, 5.41) is 10.1. The maximum Gasteiger partial charge on any atom is 0.0682 e. The smallest absolute Gasteiger partial charge is 0.0682 e. The van der Waals surface area contributed by atoms with E-state index in [1.54, 1.807) is 0 Å². The molecule has 0 aliphatic heterocycles. The minimum absolute atomic E-state index is 0.392. The van der Waals surface area contributed by atoms with Gasteiger partial charge in [0, 0.05) is 0 Å². The van der Waals surface area contributed by atoms with Crippen LogP contribution < -0.4 is 0 Å². The fraction of sp³-hybridized carbons (Fsp3) is 1.00. The predicted molar refractivity (Wildman–Crippen MR) is 58.6 cm³/mol. The van der Waals surface area contributed by atoms with E-state index in [0.717, 1.165) is 31.8 Å². The lowest BCUT2D eigenvalue weighted by atomic mass is 9.93. The van der Waals surface area contributed by atoms with Gasteiger partial charge >= 0.3 is 0 Å². The highest BCUT2D eigenvalue weighted by atomic mass is 31.0. The summed E-state index contributed by atoms with van der Waals surface area (Å²) in [6.45, 7) is 4.34. The van der Waals surface area contributed by atoms with Crippen LogP contribution in [0.1, 0.15) is 52.4 Å². The van der Waals surface area contributed by atoms with Crippen LogP contribution in [0.4, 0.5) is 0 Å². The van der Waals surface area contributed by atoms with Gasteiger partial charge in [0.2, 0.25) is 0 Å². The Labute approximate surface area is 79.1 Å². The summed E-state index contributed by atoms with van der Waals surface area (Å²) in [6.07, 6.45) is 7.41. The molecule has 0 aromatic rings. The molecule has 1 N–H and O–H groups in total. The van der Waals surface area contributed by atoms with E-state index in [0.29, 0.717) is 0 Å². The molecule has 0 amide bonds. The summed E-state index contributed by atoms with van der Waals surface area (Å²) in [5.41, 5.74) is -0.392. The zero-order valence-corrected chi connectivity index (χ0v) is 9.63. The lowest BCUT2D eigenvalue weighted by Crippen LogP contribution is -2.30. The molecule has 0 heterocycles. The topological polar surface area (TPSA) is 20.2 Å². The third-order valence-corrected chi connectivity index (χ3v) is 3.13. The van der Waals surface area contributed by atoms with Crippen LogP contribution in [0.3, 0.4) is 0 Å². The Balaban J connectivity index is 3.70. The summed E-state index contributed by atoms with van der Waals surface area (Å²) in [4.78, 5) is 0. The molecular weight excluding hydrogens is 167 g/mol. The molecule has 0 aliphatic rings. The van der Waals surface area contributed by atoms with Gasteiger partial charge in [0.15, 0.2) is 0 Å². The van der Waals surface area contributed by atoms with Gasteiger partial charge in [-0.15, -0.1) is 9.24 Å². The van der Waals surface area contributed by atoms with Crippen LogP contribution in [0.15, 0.2) is 0 Å². The number of unbranched alkanes of at least 4 members (excludes halogenated alkanes) is 2. The van der Waals surface area contributed by atoms with Gasteiger partial charge in [-0.05, 0) is 19.0 Å². The van der Waals surface area contributed by atoms with Crippen molar-refractivity contribution in [2.24, 2.45) is 0 Å². The summed E-state index contributed by atoms with van der Waals surface area (Å²) in [7, 11) is 2.66. The van der Waals surface area contributed by atoms with E-state index in [9.17, 15) is 5.11 Å². The van der Waals surface area contributed by atoms with E-state index in [4.69, 9.17) is 0 Å². The molecule has 0 bridgehead atoms. The molecule has 0 radical (unpaired) electrons. The quantitative estimate of drug-likeness (QED) is 0.612. The van der Waals surface area contributed by atoms with Gasteiger partial charge in [-0.1, -0.05) is 39.5 Å². The van der Waals surface area contributed by atoms with Crippen molar-refractivity contribution in [3.05, 3.63) is 0 Å². The molecule has 1 unspecified atom stereocenters. The molecule has 0 spiro atoms. The molecule has 2 heteroatoms. The van der Waals surface area contributed by atoms with Gasteiger partial charge in [0.1, 0.15) is 0 Å². The van der Waals surface area contributed by atoms with E-state index in [1.807, 2.05) is 0 Å². The molecule has 0 aromatic heterocycles. The summed E-state index contributed by atoms with van der Waals surface area (Å²) < 4.78 is 0. The minimum atomic E-state index is -0.392. The molecule has 1 nitrogen and oxygen atoms in total. The molecule has 0 aromatic carbocycles. The van der Waals surface area contributed by atoms with Crippen LogP contribution in [0.5, 0.6) is 0 Å². The zero-order chi connectivity index (χ0) is 9.45. The maximum atomic E-state index is 10.1. The van der Waals surface area contributed by atoms with E-state index in [-0.39, 0.29) is 0 Å². The second-order valence-corrected chi connectivity index (χ2v) is 4.04. The lowest BCUT2D eigenvalue weighted by Gasteiger charge is -2.26. The van der Waals surface area contributed by atoms with Crippen LogP contribution in [-0.2, 0) is 0 Å². The van der Waals surface area contributed by atoms with Gasteiger partial charge in [0.25, 0.3) is 0 Å². The Morgan fingerprint density at radius 2 is 1.50 bits per heavy atom. The number of hydrogen-bond acceptors (Lipinski definition) is 1. The molecular formula is C10H23OP. The van der Waals surface area contributed by atoms with Crippen molar-refractivity contribution < 1.29 is 5.11 Å². The van der Waals surface area contributed by atoms with Gasteiger partial charge in [-0.2, -0.15) is 0 Å². The highest BCUT2D eigenvalue weighted by Crippen LogP contribution is 2.23. The highest BCUT2D eigenvalue weighted by Gasteiger charge is 2.22. The third-order valence-electron chi connectivity index (χ3n) is 2.37. The van der Waals surface area contributed by atoms with Crippen molar-refractivity contribution in [2.75, 3.05) is 6.16 Å². The predicted octanol–water partition coefficient (Wildman–Crippen LogP) is 2.97. The Kier molecular flexibility index (Phi) is 7.08. The number of aliphatic hydroxyl groups is 1. The molecule has 12 heavy (non-hydrogen) atoms. The molecule has 74 valence electrons. The van der Waals surface area contributed by atoms with Gasteiger partial charge in [-0.25, -0.2) is 0 Å². The lowest BCUT2D eigenvalue weighted by molar-refractivity contribution is 0.0423. The van der Waals surface area contributed by atoms with Gasteiger partial charge in [0.05, 0.1) is 5.60 Å².